The van der Waals surface area contributed by atoms with E-state index in [2.05, 4.69) is 25.1 Å². The van der Waals surface area contributed by atoms with Crippen LogP contribution in [0.3, 0.4) is 0 Å². The molecule has 0 aliphatic carbocycles. The molecule has 15 heteroatoms. The van der Waals surface area contributed by atoms with Crippen LogP contribution in [0.1, 0.15) is 48.6 Å². The molecule has 0 unspecified atom stereocenters. The molecule has 1 aromatic carbocycles. The largest absolute Gasteiger partial charge is 1.00 e. The minimum absolute atomic E-state index is 0. The number of amides is 1. The number of hydrogen-bond donors (Lipinski definition) is 2. The Morgan fingerprint density at radius 2 is 1.91 bits per heavy atom. The van der Waals surface area contributed by atoms with E-state index in [1.807, 2.05) is 0 Å². The minimum atomic E-state index is -5.50. The van der Waals surface area contributed by atoms with Crippen molar-refractivity contribution in [1.29, 1.82) is 0 Å². The molecular formula is C18H19N4Na2O8P. The number of aryl methyl sites for hydroxylation is 1. The molecule has 0 saturated carbocycles. The average molecular weight is 496 g/mol. The first-order valence-electron chi connectivity index (χ1n) is 9.19. The van der Waals surface area contributed by atoms with E-state index in [9.17, 15) is 24.3 Å². The van der Waals surface area contributed by atoms with Gasteiger partial charge in [0.15, 0.2) is 11.5 Å². The number of phenols is 1. The number of carbonyl (C=O) groups is 1. The van der Waals surface area contributed by atoms with E-state index < -0.39 is 19.5 Å². The number of aromatic hydroxyl groups is 1. The van der Waals surface area contributed by atoms with Crippen LogP contribution in [0.15, 0.2) is 21.2 Å². The van der Waals surface area contributed by atoms with Crippen molar-refractivity contribution in [3.05, 3.63) is 29.3 Å². The molecule has 33 heavy (non-hydrogen) atoms. The molecule has 1 amide bonds. The third kappa shape index (κ3) is 6.91. The fraction of sp³-hybridized carbons (Fsp3) is 0.333. The van der Waals surface area contributed by atoms with Gasteiger partial charge in [-0.3, -0.25) is 4.79 Å². The number of hydrogen-bond acceptors (Lipinski definition) is 11. The van der Waals surface area contributed by atoms with Crippen LogP contribution in [0.4, 0.5) is 0 Å². The van der Waals surface area contributed by atoms with Gasteiger partial charge in [0, 0.05) is 19.5 Å². The topological polar surface area (TPSA) is 187 Å². The summed E-state index contributed by atoms with van der Waals surface area (Å²) >= 11 is 0. The van der Waals surface area contributed by atoms with Gasteiger partial charge in [-0.2, -0.15) is 4.98 Å². The molecule has 166 valence electrons. The zero-order chi connectivity index (χ0) is 22.9. The fourth-order valence-corrected chi connectivity index (χ4v) is 3.30. The SMILES string of the molecule is CCNC(=O)c1noc(-c2cc(C(C)C)c(O)cc2OP(=O)([O-])[O-])c1-c1noc(C)n1.[Na+].[Na+]. The smallest absolute Gasteiger partial charge is 0.780 e. The molecule has 2 N–H and O–H groups in total. The first-order chi connectivity index (χ1) is 14.5. The second-order valence-electron chi connectivity index (χ2n) is 6.83. The Bertz CT molecular complexity index is 1170. The van der Waals surface area contributed by atoms with E-state index in [1.165, 1.54) is 13.0 Å². The van der Waals surface area contributed by atoms with Gasteiger partial charge in [0.25, 0.3) is 5.91 Å². The van der Waals surface area contributed by atoms with Crippen molar-refractivity contribution in [1.82, 2.24) is 20.6 Å². The summed E-state index contributed by atoms with van der Waals surface area (Å²) in [7, 11) is -5.50. The number of nitrogens with zero attached hydrogens (tertiary/aromatic N) is 3. The molecule has 3 aromatic rings. The van der Waals surface area contributed by atoms with Gasteiger partial charge in [0.2, 0.25) is 11.7 Å². The average Bonchev–Trinajstić information content (AvgIpc) is 3.26. The van der Waals surface area contributed by atoms with Gasteiger partial charge in [-0.25, -0.2) is 0 Å². The van der Waals surface area contributed by atoms with Crippen LogP contribution < -0.4 is 78.7 Å². The number of nitrogens with one attached hydrogen (secondary N) is 1. The number of rotatable bonds is 7. The van der Waals surface area contributed by atoms with Crippen LogP contribution in [0, 0.1) is 6.92 Å². The van der Waals surface area contributed by atoms with Gasteiger partial charge in [-0.1, -0.05) is 24.2 Å². The number of phenolic OH excluding ortho intramolecular Hbond substituents is 1. The van der Waals surface area contributed by atoms with Crippen molar-refractivity contribution < 1.29 is 96.9 Å². The number of carbonyl (C=O) groups excluding carboxylic acids is 1. The summed E-state index contributed by atoms with van der Waals surface area (Å²) in [5, 5.41) is 20.4. The molecule has 0 bridgehead atoms. The molecule has 3 rings (SSSR count). The van der Waals surface area contributed by atoms with Crippen molar-refractivity contribution >= 4 is 13.7 Å². The summed E-state index contributed by atoms with van der Waals surface area (Å²) in [6, 6.07) is 2.36. The van der Waals surface area contributed by atoms with Crippen molar-refractivity contribution in [2.75, 3.05) is 6.54 Å². The Kier molecular flexibility index (Phi) is 10.8. The Hall–Kier alpha value is -1.21. The quantitative estimate of drug-likeness (QED) is 0.237. The Morgan fingerprint density at radius 1 is 1.24 bits per heavy atom. The molecule has 0 spiro atoms. The zero-order valence-electron chi connectivity index (χ0n) is 19.0. The predicted octanol–water partition coefficient (Wildman–Crippen LogP) is -4.51. The van der Waals surface area contributed by atoms with Crippen LogP contribution in [0.2, 0.25) is 0 Å². The van der Waals surface area contributed by atoms with E-state index in [0.717, 1.165) is 6.07 Å². The summed E-state index contributed by atoms with van der Waals surface area (Å²) in [4.78, 5) is 39.2. The first kappa shape index (κ1) is 29.8. The molecule has 0 fully saturated rings. The monoisotopic (exact) mass is 496 g/mol. The Balaban J connectivity index is 0.00000272. The summed E-state index contributed by atoms with van der Waals surface area (Å²) < 4.78 is 26.2. The van der Waals surface area contributed by atoms with Crippen molar-refractivity contribution in [3.63, 3.8) is 0 Å². The molecule has 2 aromatic heterocycles. The second-order valence-corrected chi connectivity index (χ2v) is 7.91. The second kappa shape index (κ2) is 12.0. The molecule has 0 atom stereocenters. The van der Waals surface area contributed by atoms with Crippen LogP contribution in [0.5, 0.6) is 11.5 Å². The maximum atomic E-state index is 12.5. The Morgan fingerprint density at radius 3 is 2.42 bits per heavy atom. The molecule has 0 radical (unpaired) electrons. The van der Waals surface area contributed by atoms with Crippen LogP contribution in [0.25, 0.3) is 22.7 Å². The molecule has 2 heterocycles. The molecule has 0 aliphatic heterocycles. The third-order valence-corrected chi connectivity index (χ3v) is 4.62. The Labute approximate surface area is 233 Å². The van der Waals surface area contributed by atoms with Gasteiger partial charge in [0.05, 0.1) is 5.56 Å². The van der Waals surface area contributed by atoms with Crippen LogP contribution in [-0.2, 0) is 4.57 Å². The van der Waals surface area contributed by atoms with Crippen molar-refractivity contribution in [2.24, 2.45) is 0 Å². The molecular weight excluding hydrogens is 477 g/mol. The van der Waals surface area contributed by atoms with E-state index in [-0.39, 0.29) is 105 Å². The first-order valence-corrected chi connectivity index (χ1v) is 10.6. The van der Waals surface area contributed by atoms with Crippen molar-refractivity contribution in [3.8, 4) is 34.2 Å². The summed E-state index contributed by atoms with van der Waals surface area (Å²) in [5.41, 5.74) is 0.170. The van der Waals surface area contributed by atoms with E-state index in [4.69, 9.17) is 9.05 Å². The third-order valence-electron chi connectivity index (χ3n) is 4.20. The zero-order valence-corrected chi connectivity index (χ0v) is 23.9. The number of aromatic nitrogens is 3. The van der Waals surface area contributed by atoms with Gasteiger partial charge >= 0.3 is 59.1 Å². The van der Waals surface area contributed by atoms with E-state index in [1.54, 1.807) is 20.8 Å². The number of benzene rings is 1. The van der Waals surface area contributed by atoms with Gasteiger partial charge in [-0.15, -0.1) is 0 Å². The number of phosphoric ester groups is 1. The maximum absolute atomic E-state index is 12.5. The normalized spacial score (nSPS) is 11.0. The van der Waals surface area contributed by atoms with Gasteiger partial charge in [-0.05, 0) is 24.5 Å². The van der Waals surface area contributed by atoms with E-state index in [0.29, 0.717) is 12.1 Å². The van der Waals surface area contributed by atoms with Crippen LogP contribution >= 0.6 is 7.82 Å². The fourth-order valence-electron chi connectivity index (χ4n) is 2.90. The molecule has 12 nitrogen and oxygen atoms in total. The van der Waals surface area contributed by atoms with Gasteiger partial charge in [0.1, 0.15) is 24.9 Å². The summed E-state index contributed by atoms with van der Waals surface area (Å²) in [6.07, 6.45) is 0. The van der Waals surface area contributed by atoms with Gasteiger partial charge < -0.3 is 38.3 Å². The standard InChI is InChI=1S/C18H21N4O8P.2Na/c1-5-19-18(24)15-14(17-20-9(4)28-22-17)16(29-21-15)11-6-10(8(2)3)12(23)7-13(11)30-31(25,26)27;;/h6-8,23H,5H2,1-4H3,(H,19,24)(H2,25,26,27);;/q;2*+1/p-2. The van der Waals surface area contributed by atoms with Crippen LogP contribution in [-0.4, -0.2) is 32.9 Å². The minimum Gasteiger partial charge on any atom is -0.780 e. The van der Waals surface area contributed by atoms with Crippen molar-refractivity contribution in [2.45, 2.75) is 33.6 Å². The van der Waals surface area contributed by atoms with E-state index >= 15 is 0 Å². The summed E-state index contributed by atoms with van der Waals surface area (Å²) in [5.74, 6) is -1.59. The molecule has 0 aliphatic rings. The number of phosphoric acid groups is 1. The molecule has 0 saturated heterocycles. The predicted molar refractivity (Wildman–Crippen MR) is 102 cm³/mol. The maximum Gasteiger partial charge on any atom is 1.00 e. The summed E-state index contributed by atoms with van der Waals surface area (Å²) in [6.45, 7) is 7.11.